The number of nitrogens with zero attached hydrogens (tertiary/aromatic N) is 3. The van der Waals surface area contributed by atoms with Crippen molar-refractivity contribution in [2.45, 2.75) is 18.4 Å². The number of rotatable bonds is 3. The summed E-state index contributed by atoms with van der Waals surface area (Å²) in [6.45, 7) is 0.980. The molecule has 132 valence electrons. The van der Waals surface area contributed by atoms with Crippen molar-refractivity contribution < 1.29 is 9.90 Å². The van der Waals surface area contributed by atoms with Gasteiger partial charge in [-0.1, -0.05) is 36.4 Å². The van der Waals surface area contributed by atoms with Gasteiger partial charge in [-0.25, -0.2) is 0 Å². The monoisotopic (exact) mass is 348 g/mol. The molecular formula is C20H20N4O2. The zero-order chi connectivity index (χ0) is 18.0. The van der Waals surface area contributed by atoms with E-state index in [1.54, 1.807) is 23.4 Å². The summed E-state index contributed by atoms with van der Waals surface area (Å²) in [5, 5.41) is 18.0. The largest absolute Gasteiger partial charge is 0.385 e. The summed E-state index contributed by atoms with van der Waals surface area (Å²) in [4.78, 5) is 18.6. The zero-order valence-electron chi connectivity index (χ0n) is 14.3. The second kappa shape index (κ2) is 6.72. The maximum Gasteiger partial charge on any atom is 0.271 e. The molecule has 2 N–H and O–H groups in total. The van der Waals surface area contributed by atoms with E-state index in [1.807, 2.05) is 42.5 Å². The fourth-order valence-corrected chi connectivity index (χ4v) is 3.36. The number of nitrogens with one attached hydrogen (secondary N) is 1. The molecule has 3 heterocycles. The Labute approximate surface area is 151 Å². The van der Waals surface area contributed by atoms with E-state index in [9.17, 15) is 9.90 Å². The summed E-state index contributed by atoms with van der Waals surface area (Å²) in [6.07, 6.45) is 4.36. The molecule has 0 bridgehead atoms. The van der Waals surface area contributed by atoms with Gasteiger partial charge in [0, 0.05) is 36.6 Å². The molecule has 6 nitrogen and oxygen atoms in total. The van der Waals surface area contributed by atoms with Crippen molar-refractivity contribution in [3.05, 3.63) is 72.2 Å². The second-order valence-corrected chi connectivity index (χ2v) is 6.60. The van der Waals surface area contributed by atoms with E-state index >= 15 is 0 Å². The van der Waals surface area contributed by atoms with Crippen LogP contribution in [0.3, 0.4) is 0 Å². The summed E-state index contributed by atoms with van der Waals surface area (Å²) < 4.78 is 0. The molecule has 0 radical (unpaired) electrons. The number of amides is 1. The summed E-state index contributed by atoms with van der Waals surface area (Å²) in [6, 6.07) is 15.2. The molecule has 1 aromatic carbocycles. The van der Waals surface area contributed by atoms with Crippen molar-refractivity contribution in [1.29, 1.82) is 0 Å². The van der Waals surface area contributed by atoms with Crippen molar-refractivity contribution in [3.8, 4) is 11.3 Å². The number of piperidine rings is 1. The van der Waals surface area contributed by atoms with E-state index in [2.05, 4.69) is 15.2 Å². The van der Waals surface area contributed by atoms with Crippen LogP contribution < -0.4 is 0 Å². The highest BCUT2D eigenvalue weighted by molar-refractivity contribution is 5.93. The number of hydrogen-bond acceptors (Lipinski definition) is 4. The van der Waals surface area contributed by atoms with E-state index in [0.717, 1.165) is 16.8 Å². The van der Waals surface area contributed by atoms with Crippen molar-refractivity contribution in [1.82, 2.24) is 20.1 Å². The third-order valence-corrected chi connectivity index (χ3v) is 4.95. The van der Waals surface area contributed by atoms with Crippen LogP contribution in [0.15, 0.2) is 60.9 Å². The van der Waals surface area contributed by atoms with Gasteiger partial charge in [0.1, 0.15) is 5.69 Å². The first-order valence-electron chi connectivity index (χ1n) is 8.69. The smallest absolute Gasteiger partial charge is 0.271 e. The number of pyridine rings is 1. The third kappa shape index (κ3) is 3.11. The van der Waals surface area contributed by atoms with Gasteiger partial charge in [0.15, 0.2) is 0 Å². The third-order valence-electron chi connectivity index (χ3n) is 4.95. The average molecular weight is 348 g/mol. The number of carbonyl (C=O) groups is 1. The topological polar surface area (TPSA) is 82.1 Å². The molecule has 3 aromatic rings. The molecular weight excluding hydrogens is 328 g/mol. The number of benzene rings is 1. The minimum atomic E-state index is -0.922. The van der Waals surface area contributed by atoms with Crippen molar-refractivity contribution in [2.75, 3.05) is 13.1 Å². The highest BCUT2D eigenvalue weighted by Crippen LogP contribution is 2.32. The van der Waals surface area contributed by atoms with E-state index in [-0.39, 0.29) is 5.91 Å². The molecule has 6 heteroatoms. The summed E-state index contributed by atoms with van der Waals surface area (Å²) in [7, 11) is 0. The molecule has 26 heavy (non-hydrogen) atoms. The van der Waals surface area contributed by atoms with Crippen LogP contribution in [0, 0.1) is 0 Å². The number of likely N-dealkylation sites (tertiary alicyclic amines) is 1. The Morgan fingerprint density at radius 2 is 1.88 bits per heavy atom. The molecule has 1 saturated heterocycles. The maximum atomic E-state index is 12.8. The fourth-order valence-electron chi connectivity index (χ4n) is 3.36. The van der Waals surface area contributed by atoms with Gasteiger partial charge < -0.3 is 10.0 Å². The highest BCUT2D eigenvalue weighted by Gasteiger charge is 2.36. The highest BCUT2D eigenvalue weighted by atomic mass is 16.3. The number of hydrogen-bond donors (Lipinski definition) is 2. The Morgan fingerprint density at radius 1 is 1.12 bits per heavy atom. The molecule has 0 aliphatic carbocycles. The van der Waals surface area contributed by atoms with E-state index < -0.39 is 5.60 Å². The first-order valence-corrected chi connectivity index (χ1v) is 8.69. The Bertz CT molecular complexity index is 884. The molecule has 1 aliphatic heterocycles. The van der Waals surface area contributed by atoms with Gasteiger partial charge in [0.2, 0.25) is 0 Å². The molecule has 1 amide bonds. The van der Waals surface area contributed by atoms with Gasteiger partial charge in [0.05, 0.1) is 11.3 Å². The summed E-state index contributed by atoms with van der Waals surface area (Å²) >= 11 is 0. The second-order valence-electron chi connectivity index (χ2n) is 6.60. The minimum Gasteiger partial charge on any atom is -0.385 e. The molecule has 1 aliphatic rings. The summed E-state index contributed by atoms with van der Waals surface area (Å²) in [5.74, 6) is -0.0899. The van der Waals surface area contributed by atoms with Crippen LogP contribution in [0.4, 0.5) is 0 Å². The Balaban J connectivity index is 1.45. The minimum absolute atomic E-state index is 0.0899. The van der Waals surface area contributed by atoms with Gasteiger partial charge in [-0.3, -0.25) is 14.9 Å². The molecule has 0 atom stereocenters. The normalized spacial score (nSPS) is 16.4. The van der Waals surface area contributed by atoms with E-state index in [4.69, 9.17) is 0 Å². The van der Waals surface area contributed by atoms with Crippen LogP contribution in [0.1, 0.15) is 28.9 Å². The Kier molecular flexibility index (Phi) is 4.26. The Hall–Kier alpha value is -2.99. The quantitative estimate of drug-likeness (QED) is 0.762. The zero-order valence-corrected chi connectivity index (χ0v) is 14.3. The molecule has 2 aromatic heterocycles. The Morgan fingerprint density at radius 3 is 2.58 bits per heavy atom. The number of aliphatic hydroxyl groups is 1. The van der Waals surface area contributed by atoms with Gasteiger partial charge >= 0.3 is 0 Å². The van der Waals surface area contributed by atoms with Gasteiger partial charge in [0.25, 0.3) is 5.91 Å². The van der Waals surface area contributed by atoms with E-state index in [0.29, 0.717) is 31.6 Å². The van der Waals surface area contributed by atoms with Gasteiger partial charge in [-0.05, 0) is 25.0 Å². The molecule has 0 unspecified atom stereocenters. The molecule has 0 saturated carbocycles. The van der Waals surface area contributed by atoms with Crippen LogP contribution in [0.5, 0.6) is 0 Å². The predicted molar refractivity (Wildman–Crippen MR) is 97.3 cm³/mol. The predicted octanol–water partition coefficient (Wildman–Crippen LogP) is 2.60. The van der Waals surface area contributed by atoms with Crippen molar-refractivity contribution >= 4 is 5.91 Å². The maximum absolute atomic E-state index is 12.8. The first-order chi connectivity index (χ1) is 12.7. The van der Waals surface area contributed by atoms with Gasteiger partial charge in [-0.2, -0.15) is 5.10 Å². The van der Waals surface area contributed by atoms with Crippen molar-refractivity contribution in [2.24, 2.45) is 0 Å². The van der Waals surface area contributed by atoms with Gasteiger partial charge in [-0.15, -0.1) is 0 Å². The average Bonchev–Trinajstić information content (AvgIpc) is 3.20. The number of carbonyl (C=O) groups excluding carboxylic acids is 1. The van der Waals surface area contributed by atoms with Crippen molar-refractivity contribution in [3.63, 3.8) is 0 Å². The van der Waals surface area contributed by atoms with Crippen LogP contribution in [0.2, 0.25) is 0 Å². The molecule has 4 rings (SSSR count). The lowest BCUT2D eigenvalue weighted by atomic mass is 9.85. The SMILES string of the molecule is O=C(c1cc(-c2ccccc2)n[nH]1)N1CCC(O)(c2cccnc2)CC1. The van der Waals surface area contributed by atoms with Crippen LogP contribution in [-0.4, -0.2) is 44.2 Å². The fraction of sp³-hybridized carbons (Fsp3) is 0.250. The van der Waals surface area contributed by atoms with Crippen LogP contribution in [-0.2, 0) is 5.60 Å². The summed E-state index contributed by atoms with van der Waals surface area (Å²) in [5.41, 5.74) is 2.06. The number of aromatic amines is 1. The first kappa shape index (κ1) is 16.5. The standard InChI is InChI=1S/C20H20N4O2/c25-19(18-13-17(22-23-18)15-5-2-1-3-6-15)24-11-8-20(26,9-12-24)16-7-4-10-21-14-16/h1-7,10,13-14,26H,8-9,11-12H2,(H,22,23). The van der Waals surface area contributed by atoms with Crippen LogP contribution in [0.25, 0.3) is 11.3 Å². The lowest BCUT2D eigenvalue weighted by Crippen LogP contribution is -2.45. The molecule has 0 spiro atoms. The van der Waals surface area contributed by atoms with Crippen LogP contribution >= 0.6 is 0 Å². The van der Waals surface area contributed by atoms with E-state index in [1.165, 1.54) is 0 Å². The lowest BCUT2D eigenvalue weighted by molar-refractivity contribution is -0.0215. The number of H-pyrrole nitrogens is 1. The number of aromatic nitrogens is 3. The molecule has 1 fully saturated rings. The lowest BCUT2D eigenvalue weighted by Gasteiger charge is -2.38.